The smallest absolute Gasteiger partial charge is 0.320 e. The summed E-state index contributed by atoms with van der Waals surface area (Å²) in [7, 11) is -13.3. The van der Waals surface area contributed by atoms with Crippen molar-refractivity contribution >= 4 is 95.5 Å². The monoisotopic (exact) mass is 1380 g/mol. The van der Waals surface area contributed by atoms with Gasteiger partial charge in [0.1, 0.15) is 42.1 Å². The Balaban J connectivity index is 0.000000291. The van der Waals surface area contributed by atoms with Crippen LogP contribution in [0.3, 0.4) is 0 Å². The number of ether oxygens (including phenoxy) is 3. The number of hydrogen-bond acceptors (Lipinski definition) is 17. The van der Waals surface area contributed by atoms with E-state index in [1.54, 1.807) is 12.7 Å². The summed E-state index contributed by atoms with van der Waals surface area (Å²) >= 11 is 6.26. The third kappa shape index (κ3) is 17.5. The lowest BCUT2D eigenvalue weighted by Gasteiger charge is -2.44. The summed E-state index contributed by atoms with van der Waals surface area (Å²) in [5.41, 5.74) is 14.8. The van der Waals surface area contributed by atoms with Crippen LogP contribution >= 0.6 is 11.6 Å². The molecule has 0 amide bonds. The van der Waals surface area contributed by atoms with Gasteiger partial charge >= 0.3 is 6.01 Å². The van der Waals surface area contributed by atoms with Gasteiger partial charge in [-0.2, -0.15) is 19.9 Å². The Morgan fingerprint density at radius 2 is 0.800 bits per heavy atom. The molecule has 6 heterocycles. The average molecular weight is 1380 g/mol. The number of rotatable bonds is 20. The molecule has 19 nitrogen and oxygen atoms in total. The fraction of sp³-hybridized carbons (Fsp3) is 0.844. The molecular formula is C64H123ClN10O9Si6. The molecule has 4 N–H and O–H groups in total. The van der Waals surface area contributed by atoms with Gasteiger partial charge in [-0.25, -0.2) is 9.97 Å². The summed E-state index contributed by atoms with van der Waals surface area (Å²) in [6, 6.07) is 0.273. The van der Waals surface area contributed by atoms with Gasteiger partial charge in [-0.3, -0.25) is 9.13 Å². The molecule has 2 aliphatic heterocycles. The Morgan fingerprint density at radius 3 is 1.16 bits per heavy atom. The van der Waals surface area contributed by atoms with Gasteiger partial charge in [0.05, 0.1) is 32.5 Å². The predicted octanol–water partition coefficient (Wildman–Crippen LogP) is 17.2. The number of halogens is 1. The molecule has 8 atom stereocenters. The molecular weight excluding hydrogens is 1260 g/mol. The second kappa shape index (κ2) is 27.4. The Labute approximate surface area is 554 Å². The molecule has 90 heavy (non-hydrogen) atoms. The molecule has 1 saturated carbocycles. The number of fused-ring (bicyclic) bond motifs is 2. The molecule has 7 rings (SSSR count). The fourth-order valence-corrected chi connectivity index (χ4v) is 17.2. The van der Waals surface area contributed by atoms with Crippen LogP contribution in [-0.4, -0.2) is 145 Å². The van der Waals surface area contributed by atoms with Crippen molar-refractivity contribution in [2.24, 2.45) is 5.92 Å². The highest BCUT2D eigenvalue weighted by Crippen LogP contribution is 2.50. The van der Waals surface area contributed by atoms with Gasteiger partial charge in [-0.15, -0.1) is 0 Å². The highest BCUT2D eigenvalue weighted by atomic mass is 35.5. The van der Waals surface area contributed by atoms with Crippen molar-refractivity contribution in [1.82, 2.24) is 39.0 Å². The second-order valence-corrected chi connectivity index (χ2v) is 64.2. The van der Waals surface area contributed by atoms with E-state index in [2.05, 4.69) is 223 Å². The van der Waals surface area contributed by atoms with E-state index in [0.717, 1.165) is 6.42 Å². The van der Waals surface area contributed by atoms with E-state index in [4.69, 9.17) is 73.8 Å². The van der Waals surface area contributed by atoms with Crippen LogP contribution in [0.25, 0.3) is 22.3 Å². The van der Waals surface area contributed by atoms with Crippen molar-refractivity contribution in [2.75, 3.05) is 31.3 Å². The zero-order valence-corrected chi connectivity index (χ0v) is 68.3. The molecule has 26 heteroatoms. The summed E-state index contributed by atoms with van der Waals surface area (Å²) in [5, 5.41) is 0.103. The first-order chi connectivity index (χ1) is 40.6. The number of nitrogens with two attached hydrogens (primary N) is 2. The summed E-state index contributed by atoms with van der Waals surface area (Å²) in [5.74, 6) is 1.22. The lowest BCUT2D eigenvalue weighted by atomic mass is 9.87. The Bertz CT molecular complexity index is 3040. The number of hydrogen-bond donors (Lipinski definition) is 2. The Morgan fingerprint density at radius 1 is 0.467 bits per heavy atom. The number of anilines is 2. The van der Waals surface area contributed by atoms with Crippen LogP contribution in [0.2, 0.25) is 114 Å². The zero-order valence-electron chi connectivity index (χ0n) is 61.5. The number of nitrogen functional groups attached to an aromatic ring is 2. The van der Waals surface area contributed by atoms with Gasteiger partial charge in [-0.1, -0.05) is 157 Å². The largest absolute Gasteiger partial charge is 0.463 e. The van der Waals surface area contributed by atoms with Crippen molar-refractivity contribution in [1.29, 1.82) is 0 Å². The van der Waals surface area contributed by atoms with Crippen LogP contribution in [0.5, 0.6) is 6.01 Å². The van der Waals surface area contributed by atoms with Crippen LogP contribution in [-0.2, 0) is 36.0 Å². The second-order valence-electron chi connectivity index (χ2n) is 35.2. The summed E-state index contributed by atoms with van der Waals surface area (Å²) in [4.78, 5) is 27.2. The van der Waals surface area contributed by atoms with Crippen molar-refractivity contribution in [3.8, 4) is 6.01 Å². The van der Waals surface area contributed by atoms with E-state index in [1.807, 2.05) is 9.13 Å². The first-order valence-electron chi connectivity index (χ1n) is 33.2. The van der Waals surface area contributed by atoms with Gasteiger partial charge in [0.15, 0.2) is 90.8 Å². The maximum atomic E-state index is 7.35. The van der Waals surface area contributed by atoms with Crippen molar-refractivity contribution < 1.29 is 40.8 Å². The molecule has 0 aromatic carbocycles. The molecule has 3 aliphatic rings. The van der Waals surface area contributed by atoms with E-state index < -0.39 is 74.6 Å². The summed E-state index contributed by atoms with van der Waals surface area (Å²) in [6.45, 7) is 69.4. The highest BCUT2D eigenvalue weighted by Gasteiger charge is 2.58. The van der Waals surface area contributed by atoms with E-state index >= 15 is 0 Å². The first-order valence-corrected chi connectivity index (χ1v) is 51.0. The topological polar surface area (TPSA) is 222 Å². The molecule has 0 radical (unpaired) electrons. The molecule has 514 valence electrons. The van der Waals surface area contributed by atoms with Crippen LogP contribution in [0.4, 0.5) is 11.6 Å². The minimum Gasteiger partial charge on any atom is -0.463 e. The Kier molecular flexibility index (Phi) is 23.3. The third-order valence-corrected chi connectivity index (χ3v) is 49.3. The van der Waals surface area contributed by atoms with Crippen molar-refractivity contribution in [3.63, 3.8) is 0 Å². The number of nitrogens with zero attached hydrogens (tertiary/aromatic N) is 8. The zero-order chi connectivity index (χ0) is 68.4. The summed E-state index contributed by atoms with van der Waals surface area (Å²) in [6.07, 6.45) is 7.54. The minimum atomic E-state index is -2.32. The van der Waals surface area contributed by atoms with E-state index in [1.165, 1.54) is 32.1 Å². The molecule has 2 saturated heterocycles. The van der Waals surface area contributed by atoms with Crippen LogP contribution in [0.1, 0.15) is 176 Å². The quantitative estimate of drug-likeness (QED) is 0.0620. The normalized spacial score (nSPS) is 23.7. The van der Waals surface area contributed by atoms with Gasteiger partial charge in [0, 0.05) is 0 Å². The molecule has 1 aliphatic carbocycles. The lowest BCUT2D eigenvalue weighted by Crippen LogP contribution is -2.54. The fourth-order valence-electron chi connectivity index (χ4n) is 9.81. The van der Waals surface area contributed by atoms with Crippen LogP contribution in [0.15, 0.2) is 12.7 Å². The Hall–Kier alpha value is -2.23. The molecule has 0 unspecified atom stereocenters. The number of aromatic nitrogens is 8. The van der Waals surface area contributed by atoms with Crippen molar-refractivity contribution in [2.45, 2.75) is 321 Å². The first kappa shape index (κ1) is 76.8. The molecule has 4 aromatic heterocycles. The minimum absolute atomic E-state index is 0.00560. The highest BCUT2D eigenvalue weighted by molar-refractivity contribution is 6.76. The molecule has 0 spiro atoms. The van der Waals surface area contributed by atoms with E-state index in [-0.39, 0.29) is 71.8 Å². The number of imidazole rings is 2. The SMILES string of the molecule is CC(C)(C)[Si](C)(C)OC[C@H]1O[C@@H](n2cnc3c(N)nc(Cl)nc32)[C@H](O[Si](C)(C)C(C)(C)C)[C@@H]1O[Si](C)(C)C(C)(C)C.CC(C)(C)[Si](C)(C)OC[C@H]1O[C@@H](n2cnc3c(N)nc(OCCC4CCCCC4)nc32)[C@H](O[Si](C)(C)C(C)(C)C)[C@@H]1O[Si](C)(C)C(C)(C)C. The van der Waals surface area contributed by atoms with Gasteiger partial charge < -0.3 is 52.2 Å². The predicted molar refractivity (Wildman–Crippen MR) is 384 cm³/mol. The van der Waals surface area contributed by atoms with Crippen LogP contribution < -0.4 is 16.2 Å². The van der Waals surface area contributed by atoms with Crippen molar-refractivity contribution in [3.05, 3.63) is 17.9 Å². The lowest BCUT2D eigenvalue weighted by molar-refractivity contribution is -0.0470. The maximum absolute atomic E-state index is 7.35. The maximum Gasteiger partial charge on any atom is 0.320 e. The van der Waals surface area contributed by atoms with E-state index in [9.17, 15) is 0 Å². The van der Waals surface area contributed by atoms with Crippen LogP contribution in [0, 0.1) is 5.92 Å². The molecule has 4 aromatic rings. The molecule has 3 fully saturated rings. The van der Waals surface area contributed by atoms with E-state index in [0.29, 0.717) is 53.9 Å². The summed E-state index contributed by atoms with van der Waals surface area (Å²) < 4.78 is 66.7. The molecule has 0 bridgehead atoms. The average Bonchev–Trinajstić information content (AvgIpc) is 1.59. The van der Waals surface area contributed by atoms with Gasteiger partial charge in [-0.05, 0) is 133 Å². The third-order valence-electron chi connectivity index (χ3n) is 22.2. The standard InChI is InChI=1S/C36H69N5O5Si3.C28H54ClN5O4Si3/c1-34(2,3)47(10,11)43-23-26-28(45-48(12,13)35(4,5)6)29(46-49(14,15)36(7,8)9)32(44-26)41-24-38-27-30(37)39-33(40-31(27)41)42-22-21-25-19-17-16-18-20-25;1-26(2,3)39(10,11)35-16-18-20(37-40(12,13)27(4,5)6)21(38-41(14,15)28(7,8)9)24(36-18)34-17-31-19-22(30)32-25(29)33-23(19)34/h24-26,28-29,32H,16-23H2,1-15H3,(H2,37,39,40);17-18,20-21,24H,16H2,1-15H3,(H2,30,32,33)/t26-,28-,29-,32-;18-,20-,21-,24-/m11/s1. The van der Waals surface area contributed by atoms with Gasteiger partial charge in [0.2, 0.25) is 5.28 Å². The van der Waals surface area contributed by atoms with Gasteiger partial charge in [0.25, 0.3) is 0 Å².